The summed E-state index contributed by atoms with van der Waals surface area (Å²) in [4.78, 5) is 33.6. The van der Waals surface area contributed by atoms with Crippen LogP contribution in [0.4, 0.5) is 5.13 Å². The highest BCUT2D eigenvalue weighted by Crippen LogP contribution is 2.32. The van der Waals surface area contributed by atoms with Gasteiger partial charge >= 0.3 is 5.63 Å². The number of carbonyl (C=O) groups excluding carboxylic acids is 1. The first-order valence-corrected chi connectivity index (χ1v) is 14.3. The van der Waals surface area contributed by atoms with Crippen molar-refractivity contribution >= 4 is 67.1 Å². The summed E-state index contributed by atoms with van der Waals surface area (Å²) in [7, 11) is 1.49. The molecule has 42 heavy (non-hydrogen) atoms. The predicted molar refractivity (Wildman–Crippen MR) is 164 cm³/mol. The van der Waals surface area contributed by atoms with Crippen molar-refractivity contribution in [2.75, 3.05) is 19.0 Å². The van der Waals surface area contributed by atoms with Crippen molar-refractivity contribution < 1.29 is 18.7 Å². The van der Waals surface area contributed by atoms with E-state index in [1.165, 1.54) is 29.8 Å². The number of nitrogens with one attached hydrogen (secondary N) is 1. The summed E-state index contributed by atoms with van der Waals surface area (Å²) >= 11 is 2.56. The lowest BCUT2D eigenvalue weighted by atomic mass is 10.0. The third kappa shape index (κ3) is 5.49. The predicted octanol–water partition coefficient (Wildman–Crippen LogP) is 6.62. The van der Waals surface area contributed by atoms with Crippen LogP contribution in [0.15, 0.2) is 86.8 Å². The summed E-state index contributed by atoms with van der Waals surface area (Å²) in [5.41, 5.74) is 1.71. The summed E-state index contributed by atoms with van der Waals surface area (Å²) in [6.07, 6.45) is 3.26. The van der Waals surface area contributed by atoms with Gasteiger partial charge in [-0.3, -0.25) is 10.1 Å². The fourth-order valence-corrected chi connectivity index (χ4v) is 5.69. The van der Waals surface area contributed by atoms with Gasteiger partial charge in [0.15, 0.2) is 23.2 Å². The summed E-state index contributed by atoms with van der Waals surface area (Å²) in [6, 6.07) is 20.7. The van der Waals surface area contributed by atoms with E-state index < -0.39 is 5.63 Å². The number of fused-ring (bicyclic) bond motifs is 3. The van der Waals surface area contributed by atoms with Gasteiger partial charge in [0.25, 0.3) is 5.91 Å². The Hall–Kier alpha value is -5.31. The molecule has 1 N–H and O–H groups in total. The third-order valence-corrected chi connectivity index (χ3v) is 7.87. The minimum atomic E-state index is -0.502. The molecule has 206 valence electrons. The lowest BCUT2D eigenvalue weighted by Gasteiger charge is -2.11. The molecule has 6 aromatic rings. The largest absolute Gasteiger partial charge is 0.493 e. The second-order valence-electron chi connectivity index (χ2n) is 8.94. The number of anilines is 1. The van der Waals surface area contributed by atoms with Crippen LogP contribution in [0.2, 0.25) is 0 Å². The standard InChI is InChI=1S/C31H20N4O5S2/c1-38-27-13-18(6-8-26(27)39-16-28(36)35-31-33-10-11-41-31)12-20(15-32)29-34-24(17-42-29)23-14-22-21-5-3-2-4-19(21)7-9-25(22)40-30(23)37/h2-14,17H,16H2,1H3,(H,33,35,36). The molecule has 1 amide bonds. The van der Waals surface area contributed by atoms with Crippen molar-refractivity contribution in [3.63, 3.8) is 0 Å². The van der Waals surface area contributed by atoms with Gasteiger partial charge in [0.05, 0.1) is 23.9 Å². The van der Waals surface area contributed by atoms with Crippen LogP contribution in [0.5, 0.6) is 11.5 Å². The Morgan fingerprint density at radius 3 is 2.79 bits per heavy atom. The van der Waals surface area contributed by atoms with Gasteiger partial charge in [-0.1, -0.05) is 36.4 Å². The number of thiazole rings is 2. The Kier molecular flexibility index (Phi) is 7.47. The molecule has 0 aliphatic heterocycles. The maximum Gasteiger partial charge on any atom is 0.345 e. The van der Waals surface area contributed by atoms with E-state index in [2.05, 4.69) is 21.4 Å². The lowest BCUT2D eigenvalue weighted by Crippen LogP contribution is -2.20. The third-order valence-electron chi connectivity index (χ3n) is 6.31. The van der Waals surface area contributed by atoms with Crippen LogP contribution < -0.4 is 20.4 Å². The first kappa shape index (κ1) is 26.9. The van der Waals surface area contributed by atoms with E-state index in [0.717, 1.165) is 16.2 Å². The number of methoxy groups -OCH3 is 1. The quantitative estimate of drug-likeness (QED) is 0.119. The van der Waals surface area contributed by atoms with E-state index in [-0.39, 0.29) is 12.5 Å². The average molecular weight is 593 g/mol. The molecule has 3 aromatic carbocycles. The fourth-order valence-electron chi connectivity index (χ4n) is 4.36. The van der Waals surface area contributed by atoms with E-state index in [4.69, 9.17) is 13.9 Å². The number of ether oxygens (including phenoxy) is 2. The molecule has 0 radical (unpaired) electrons. The van der Waals surface area contributed by atoms with Crippen molar-refractivity contribution in [2.24, 2.45) is 0 Å². The highest BCUT2D eigenvalue weighted by Gasteiger charge is 2.16. The molecule has 11 heteroatoms. The van der Waals surface area contributed by atoms with Crippen molar-refractivity contribution in [2.45, 2.75) is 0 Å². The molecule has 0 atom stereocenters. The Labute approximate surface area is 246 Å². The Bertz CT molecular complexity index is 2070. The van der Waals surface area contributed by atoms with Gasteiger partial charge in [0.2, 0.25) is 0 Å². The molecule has 0 bridgehead atoms. The van der Waals surface area contributed by atoms with Gasteiger partial charge in [-0.25, -0.2) is 14.8 Å². The van der Waals surface area contributed by atoms with E-state index in [1.807, 2.05) is 30.3 Å². The summed E-state index contributed by atoms with van der Waals surface area (Å²) < 4.78 is 16.7. The highest BCUT2D eigenvalue weighted by atomic mass is 32.1. The molecule has 0 aliphatic carbocycles. The van der Waals surface area contributed by atoms with Crippen molar-refractivity contribution in [1.82, 2.24) is 9.97 Å². The zero-order valence-corrected chi connectivity index (χ0v) is 23.6. The second kappa shape index (κ2) is 11.7. The topological polar surface area (TPSA) is 127 Å². The number of amides is 1. The molecule has 9 nitrogen and oxygen atoms in total. The number of benzene rings is 3. The summed E-state index contributed by atoms with van der Waals surface area (Å²) in [5, 5.41) is 19.8. The minimum Gasteiger partial charge on any atom is -0.493 e. The molecule has 0 saturated heterocycles. The zero-order valence-electron chi connectivity index (χ0n) is 22.0. The van der Waals surface area contributed by atoms with E-state index in [1.54, 1.807) is 53.4 Å². The first-order chi connectivity index (χ1) is 20.5. The fraction of sp³-hybridized carbons (Fsp3) is 0.0645. The lowest BCUT2D eigenvalue weighted by molar-refractivity contribution is -0.118. The van der Waals surface area contributed by atoms with Crippen molar-refractivity contribution in [3.05, 3.63) is 98.6 Å². The van der Waals surface area contributed by atoms with Crippen LogP contribution in [-0.2, 0) is 4.79 Å². The van der Waals surface area contributed by atoms with Gasteiger partial charge < -0.3 is 13.9 Å². The number of hydrogen-bond donors (Lipinski definition) is 1. The SMILES string of the molecule is COc1cc(C=C(C#N)c2nc(-c3cc4c(ccc5ccccc54)oc3=O)cs2)ccc1OCC(=O)Nc1nccs1. The molecule has 3 aromatic heterocycles. The molecule has 0 unspecified atom stereocenters. The van der Waals surface area contributed by atoms with Crippen LogP contribution in [0.25, 0.3) is 44.6 Å². The van der Waals surface area contributed by atoms with E-state index >= 15 is 0 Å². The molecule has 6 rings (SSSR count). The Morgan fingerprint density at radius 1 is 1.10 bits per heavy atom. The number of aromatic nitrogens is 2. The minimum absolute atomic E-state index is 0.227. The maximum atomic E-state index is 12.9. The monoisotopic (exact) mass is 592 g/mol. The van der Waals surface area contributed by atoms with Crippen molar-refractivity contribution in [1.29, 1.82) is 5.26 Å². The van der Waals surface area contributed by atoms with Gasteiger partial charge in [-0.05, 0) is 46.7 Å². The van der Waals surface area contributed by atoms with Crippen LogP contribution in [0.3, 0.4) is 0 Å². The molecule has 0 aliphatic rings. The molecule has 3 heterocycles. The molecular weight excluding hydrogens is 572 g/mol. The number of allylic oxidation sites excluding steroid dienone is 1. The molecule has 0 fully saturated rings. The number of hydrogen-bond acceptors (Lipinski definition) is 10. The number of carbonyl (C=O) groups is 1. The molecule has 0 saturated carbocycles. The van der Waals surface area contributed by atoms with Crippen LogP contribution >= 0.6 is 22.7 Å². The smallest absolute Gasteiger partial charge is 0.345 e. The number of nitrogens with zero attached hydrogens (tertiary/aromatic N) is 3. The van der Waals surface area contributed by atoms with Crippen LogP contribution in [-0.4, -0.2) is 29.6 Å². The van der Waals surface area contributed by atoms with Gasteiger partial charge in [0.1, 0.15) is 16.7 Å². The van der Waals surface area contributed by atoms with Crippen LogP contribution in [0.1, 0.15) is 10.6 Å². The molecule has 0 spiro atoms. The Morgan fingerprint density at radius 2 is 1.98 bits per heavy atom. The number of rotatable bonds is 8. The molecular formula is C31H20N4O5S2. The summed E-state index contributed by atoms with van der Waals surface area (Å²) in [5.74, 6) is 0.411. The average Bonchev–Trinajstić information content (AvgIpc) is 3.71. The summed E-state index contributed by atoms with van der Waals surface area (Å²) in [6.45, 7) is -0.227. The second-order valence-corrected chi connectivity index (χ2v) is 10.7. The van der Waals surface area contributed by atoms with Crippen molar-refractivity contribution in [3.8, 4) is 28.8 Å². The zero-order chi connectivity index (χ0) is 29.1. The normalized spacial score (nSPS) is 11.4. The van der Waals surface area contributed by atoms with Gasteiger partial charge in [0, 0.05) is 22.3 Å². The van der Waals surface area contributed by atoms with E-state index in [9.17, 15) is 14.9 Å². The van der Waals surface area contributed by atoms with Gasteiger partial charge in [-0.2, -0.15) is 5.26 Å². The Balaban J connectivity index is 1.25. The van der Waals surface area contributed by atoms with E-state index in [0.29, 0.717) is 49.6 Å². The number of nitriles is 1. The highest BCUT2D eigenvalue weighted by molar-refractivity contribution is 7.13. The maximum absolute atomic E-state index is 12.9. The van der Waals surface area contributed by atoms with Gasteiger partial charge in [-0.15, -0.1) is 22.7 Å². The first-order valence-electron chi connectivity index (χ1n) is 12.6. The van der Waals surface area contributed by atoms with Crippen LogP contribution in [0, 0.1) is 11.3 Å².